The van der Waals surface area contributed by atoms with E-state index in [1.54, 1.807) is 12.2 Å². The molecule has 0 radical (unpaired) electrons. The van der Waals surface area contributed by atoms with Gasteiger partial charge in [-0.15, -0.1) is 0 Å². The van der Waals surface area contributed by atoms with Crippen LogP contribution >= 0.6 is 15.9 Å². The average Bonchev–Trinajstić information content (AvgIpc) is 2.16. The van der Waals surface area contributed by atoms with Gasteiger partial charge in [0.25, 0.3) is 0 Å². The Bertz CT molecular complexity index is 385. The smallest absolute Gasteiger partial charge is 0.399 e. The summed E-state index contributed by atoms with van der Waals surface area (Å²) in [5.41, 5.74) is 5.29. The van der Waals surface area contributed by atoms with Crippen molar-refractivity contribution in [3.8, 4) is 0 Å². The lowest BCUT2D eigenvalue weighted by molar-refractivity contribution is -0.137. The van der Waals surface area contributed by atoms with Gasteiger partial charge >= 0.3 is 6.18 Å². The standard InChI is InChI=1S/C11H11BrF3N/c12-4-2-1-3-8-5-9(11(13,14)15)7-10(16)6-8/h1,3,5-7H,2,4,16H2. The second-order valence-corrected chi connectivity index (χ2v) is 4.06. The van der Waals surface area contributed by atoms with Crippen LogP contribution < -0.4 is 5.73 Å². The highest BCUT2D eigenvalue weighted by atomic mass is 79.9. The third kappa shape index (κ3) is 3.89. The Morgan fingerprint density at radius 2 is 1.94 bits per heavy atom. The zero-order valence-corrected chi connectivity index (χ0v) is 9.98. The van der Waals surface area contributed by atoms with E-state index in [4.69, 9.17) is 5.73 Å². The van der Waals surface area contributed by atoms with Crippen LogP contribution in [0.4, 0.5) is 18.9 Å². The van der Waals surface area contributed by atoms with Crippen molar-refractivity contribution >= 4 is 27.7 Å². The van der Waals surface area contributed by atoms with E-state index >= 15 is 0 Å². The number of halogens is 4. The van der Waals surface area contributed by atoms with Gasteiger partial charge in [-0.2, -0.15) is 13.2 Å². The highest BCUT2D eigenvalue weighted by Crippen LogP contribution is 2.31. The quantitative estimate of drug-likeness (QED) is 0.659. The summed E-state index contributed by atoms with van der Waals surface area (Å²) in [6.45, 7) is 0. The maximum atomic E-state index is 12.4. The van der Waals surface area contributed by atoms with Crippen LogP contribution in [0.1, 0.15) is 17.5 Å². The summed E-state index contributed by atoms with van der Waals surface area (Å²) < 4.78 is 37.3. The first kappa shape index (κ1) is 13.1. The molecular formula is C11H11BrF3N. The number of benzene rings is 1. The Balaban J connectivity index is 2.99. The van der Waals surface area contributed by atoms with E-state index in [0.717, 1.165) is 23.9 Å². The van der Waals surface area contributed by atoms with Gasteiger partial charge in [0.05, 0.1) is 5.56 Å². The summed E-state index contributed by atoms with van der Waals surface area (Å²) in [4.78, 5) is 0. The van der Waals surface area contributed by atoms with Crippen molar-refractivity contribution in [1.29, 1.82) is 0 Å². The van der Waals surface area contributed by atoms with Gasteiger partial charge in [0.1, 0.15) is 0 Å². The molecule has 5 heteroatoms. The van der Waals surface area contributed by atoms with Crippen LogP contribution in [0.5, 0.6) is 0 Å². The molecule has 0 spiro atoms. The first-order valence-corrected chi connectivity index (χ1v) is 5.76. The van der Waals surface area contributed by atoms with Crippen LogP contribution in [0.2, 0.25) is 0 Å². The molecule has 0 saturated carbocycles. The van der Waals surface area contributed by atoms with Gasteiger partial charge in [0.2, 0.25) is 0 Å². The Hall–Kier alpha value is -0.970. The first-order chi connectivity index (χ1) is 7.43. The molecule has 0 amide bonds. The predicted octanol–water partition coefficient (Wildman–Crippen LogP) is 4.09. The van der Waals surface area contributed by atoms with Crippen LogP contribution in [0.3, 0.4) is 0 Å². The van der Waals surface area contributed by atoms with Gasteiger partial charge in [0.15, 0.2) is 0 Å². The minimum absolute atomic E-state index is 0.119. The summed E-state index contributed by atoms with van der Waals surface area (Å²) in [5.74, 6) is 0. The molecule has 1 aromatic rings. The molecule has 2 N–H and O–H groups in total. The number of rotatable bonds is 3. The van der Waals surface area contributed by atoms with Crippen molar-refractivity contribution in [2.45, 2.75) is 12.6 Å². The number of hydrogen-bond acceptors (Lipinski definition) is 1. The molecule has 0 aliphatic carbocycles. The minimum Gasteiger partial charge on any atom is -0.399 e. The molecule has 1 rings (SSSR count). The summed E-state index contributed by atoms with van der Waals surface area (Å²) >= 11 is 3.23. The zero-order chi connectivity index (χ0) is 12.2. The lowest BCUT2D eigenvalue weighted by atomic mass is 10.1. The van der Waals surface area contributed by atoms with Gasteiger partial charge in [-0.05, 0) is 30.2 Å². The van der Waals surface area contributed by atoms with E-state index in [9.17, 15) is 13.2 Å². The molecule has 1 aromatic carbocycles. The highest BCUT2D eigenvalue weighted by Gasteiger charge is 2.30. The minimum atomic E-state index is -4.35. The monoisotopic (exact) mass is 293 g/mol. The predicted molar refractivity (Wildman–Crippen MR) is 63.3 cm³/mol. The van der Waals surface area contributed by atoms with Gasteiger partial charge in [-0.3, -0.25) is 0 Å². The van der Waals surface area contributed by atoms with Gasteiger partial charge in [-0.25, -0.2) is 0 Å². The largest absolute Gasteiger partial charge is 0.416 e. The van der Waals surface area contributed by atoms with E-state index in [1.165, 1.54) is 6.07 Å². The van der Waals surface area contributed by atoms with Gasteiger partial charge in [-0.1, -0.05) is 28.1 Å². The molecule has 0 bridgehead atoms. The number of hydrogen-bond donors (Lipinski definition) is 1. The molecule has 0 heterocycles. The summed E-state index contributed by atoms with van der Waals surface area (Å²) in [5, 5.41) is 0.776. The van der Waals surface area contributed by atoms with Crippen molar-refractivity contribution in [2.24, 2.45) is 0 Å². The third-order valence-electron chi connectivity index (χ3n) is 1.89. The van der Waals surface area contributed by atoms with E-state index in [2.05, 4.69) is 15.9 Å². The average molecular weight is 294 g/mol. The van der Waals surface area contributed by atoms with Crippen LogP contribution in [0, 0.1) is 0 Å². The molecule has 0 atom stereocenters. The van der Waals surface area contributed by atoms with E-state index in [1.807, 2.05) is 0 Å². The van der Waals surface area contributed by atoms with Gasteiger partial charge < -0.3 is 5.73 Å². The lowest BCUT2D eigenvalue weighted by Gasteiger charge is -2.08. The zero-order valence-electron chi connectivity index (χ0n) is 8.39. The van der Waals surface area contributed by atoms with E-state index < -0.39 is 11.7 Å². The molecule has 88 valence electrons. The van der Waals surface area contributed by atoms with Crippen LogP contribution in [-0.2, 0) is 6.18 Å². The highest BCUT2D eigenvalue weighted by molar-refractivity contribution is 9.09. The Labute approximate surface area is 100 Å². The molecule has 0 saturated heterocycles. The Kier molecular flexibility index (Phi) is 4.41. The van der Waals surface area contributed by atoms with Gasteiger partial charge in [0, 0.05) is 11.0 Å². The van der Waals surface area contributed by atoms with Crippen molar-refractivity contribution in [3.05, 3.63) is 35.4 Å². The number of allylic oxidation sites excluding steroid dienone is 1. The molecule has 0 aromatic heterocycles. The molecule has 0 aliphatic heterocycles. The van der Waals surface area contributed by atoms with Crippen molar-refractivity contribution in [2.75, 3.05) is 11.1 Å². The van der Waals surface area contributed by atoms with Crippen molar-refractivity contribution in [3.63, 3.8) is 0 Å². The molecule has 0 aliphatic rings. The molecule has 0 fully saturated rings. The third-order valence-corrected chi connectivity index (χ3v) is 2.35. The maximum absolute atomic E-state index is 12.4. The van der Waals surface area contributed by atoms with Crippen molar-refractivity contribution < 1.29 is 13.2 Å². The summed E-state index contributed by atoms with van der Waals surface area (Å²) in [6, 6.07) is 3.53. The Morgan fingerprint density at radius 3 is 2.50 bits per heavy atom. The SMILES string of the molecule is Nc1cc(C=CCCBr)cc(C(F)(F)F)c1. The van der Waals surface area contributed by atoms with Crippen LogP contribution in [-0.4, -0.2) is 5.33 Å². The maximum Gasteiger partial charge on any atom is 0.416 e. The fourth-order valence-electron chi connectivity index (χ4n) is 1.22. The molecular weight excluding hydrogens is 283 g/mol. The molecule has 0 unspecified atom stereocenters. The van der Waals surface area contributed by atoms with Crippen LogP contribution in [0.25, 0.3) is 6.08 Å². The van der Waals surface area contributed by atoms with Crippen LogP contribution in [0.15, 0.2) is 24.3 Å². The second-order valence-electron chi connectivity index (χ2n) is 3.27. The number of nitrogen functional groups attached to an aromatic ring is 1. The second kappa shape index (κ2) is 5.39. The molecule has 1 nitrogen and oxygen atoms in total. The summed E-state index contributed by atoms with van der Waals surface area (Å²) in [6.07, 6.45) is -0.167. The lowest BCUT2D eigenvalue weighted by Crippen LogP contribution is -2.06. The normalized spacial score (nSPS) is 12.2. The first-order valence-electron chi connectivity index (χ1n) is 4.64. The van der Waals surface area contributed by atoms with Crippen molar-refractivity contribution in [1.82, 2.24) is 0 Å². The number of nitrogens with two attached hydrogens (primary N) is 1. The number of anilines is 1. The fraction of sp³-hybridized carbons (Fsp3) is 0.273. The topological polar surface area (TPSA) is 26.0 Å². The van der Waals surface area contributed by atoms with E-state index in [-0.39, 0.29) is 5.69 Å². The Morgan fingerprint density at radius 1 is 1.25 bits per heavy atom. The summed E-state index contributed by atoms with van der Waals surface area (Å²) in [7, 11) is 0. The number of alkyl halides is 4. The fourth-order valence-corrected chi connectivity index (χ4v) is 1.48. The van der Waals surface area contributed by atoms with E-state index in [0.29, 0.717) is 5.56 Å². The molecule has 16 heavy (non-hydrogen) atoms.